The van der Waals surface area contributed by atoms with Crippen molar-refractivity contribution in [2.45, 2.75) is 25.8 Å². The van der Waals surface area contributed by atoms with E-state index in [1.54, 1.807) is 18.5 Å². The fraction of sp³-hybridized carbons (Fsp3) is 0.429. The fourth-order valence-corrected chi connectivity index (χ4v) is 3.02. The first kappa shape index (κ1) is 16.8. The van der Waals surface area contributed by atoms with E-state index < -0.39 is 0 Å². The van der Waals surface area contributed by atoms with Crippen LogP contribution < -0.4 is 11.1 Å². The molecule has 3 rings (SSSR count). The zero-order valence-electron chi connectivity index (χ0n) is 12.2. The molecule has 0 aliphatic heterocycles. The van der Waals surface area contributed by atoms with Crippen LogP contribution >= 0.6 is 23.7 Å². The van der Waals surface area contributed by atoms with Crippen LogP contribution in [0.4, 0.5) is 0 Å². The van der Waals surface area contributed by atoms with Crippen molar-refractivity contribution in [2.24, 2.45) is 11.7 Å². The van der Waals surface area contributed by atoms with Crippen LogP contribution in [-0.4, -0.2) is 33.4 Å². The third-order valence-electron chi connectivity index (χ3n) is 3.49. The summed E-state index contributed by atoms with van der Waals surface area (Å²) >= 11 is 1.31. The lowest BCUT2D eigenvalue weighted by molar-refractivity contribution is 0.0953. The van der Waals surface area contributed by atoms with Crippen LogP contribution in [-0.2, 0) is 0 Å². The molecule has 2 aromatic heterocycles. The highest BCUT2D eigenvalue weighted by molar-refractivity contribution is 7.17. The van der Waals surface area contributed by atoms with Crippen molar-refractivity contribution < 1.29 is 4.79 Å². The highest BCUT2D eigenvalue weighted by Gasteiger charge is 2.29. The first-order valence-corrected chi connectivity index (χ1v) is 7.75. The average molecular weight is 340 g/mol. The molecule has 3 N–H and O–H groups in total. The smallest absolute Gasteiger partial charge is 0.263 e. The van der Waals surface area contributed by atoms with Gasteiger partial charge in [-0.25, -0.2) is 15.0 Å². The number of halogens is 1. The van der Waals surface area contributed by atoms with E-state index in [2.05, 4.69) is 20.3 Å². The summed E-state index contributed by atoms with van der Waals surface area (Å²) in [6, 6.07) is 1.80. The lowest BCUT2D eigenvalue weighted by Crippen LogP contribution is -2.38. The standard InChI is InChI=1S/C14H17N5OS.ClH/c1-8-11(13(20)18-7-10(15)9-3-4-9)21-14(19-8)12-16-5-2-6-17-12;/h2,5-6,9-10H,3-4,7,15H2,1H3,(H,18,20);1H. The summed E-state index contributed by atoms with van der Waals surface area (Å²) in [6.45, 7) is 2.33. The van der Waals surface area contributed by atoms with Crippen LogP contribution in [0.15, 0.2) is 18.5 Å². The van der Waals surface area contributed by atoms with Gasteiger partial charge in [0.25, 0.3) is 5.91 Å². The maximum Gasteiger partial charge on any atom is 0.263 e. The number of thiazole rings is 1. The highest BCUT2D eigenvalue weighted by Crippen LogP contribution is 2.31. The fourth-order valence-electron chi connectivity index (χ4n) is 2.09. The maximum atomic E-state index is 12.2. The number of aryl methyl sites for hydroxylation is 1. The molecule has 0 bridgehead atoms. The Morgan fingerprint density at radius 3 is 2.77 bits per heavy atom. The van der Waals surface area contributed by atoms with Gasteiger partial charge < -0.3 is 11.1 Å². The molecule has 0 radical (unpaired) electrons. The van der Waals surface area contributed by atoms with E-state index in [0.717, 1.165) is 0 Å². The second-order valence-electron chi connectivity index (χ2n) is 5.22. The van der Waals surface area contributed by atoms with Gasteiger partial charge in [-0.1, -0.05) is 0 Å². The van der Waals surface area contributed by atoms with E-state index in [4.69, 9.17) is 5.73 Å². The number of rotatable bonds is 5. The summed E-state index contributed by atoms with van der Waals surface area (Å²) in [5.41, 5.74) is 6.69. The number of carbonyl (C=O) groups excluding carboxylic acids is 1. The number of nitrogens with zero attached hydrogens (tertiary/aromatic N) is 3. The minimum atomic E-state index is -0.122. The first-order valence-electron chi connectivity index (χ1n) is 6.93. The Hall–Kier alpha value is -1.57. The molecule has 8 heteroatoms. The van der Waals surface area contributed by atoms with Crippen LogP contribution in [0.2, 0.25) is 0 Å². The molecule has 1 aliphatic rings. The number of hydrogen-bond acceptors (Lipinski definition) is 6. The molecular weight excluding hydrogens is 322 g/mol. The van der Waals surface area contributed by atoms with E-state index in [1.165, 1.54) is 24.2 Å². The molecule has 0 saturated heterocycles. The van der Waals surface area contributed by atoms with Gasteiger partial charge in [0.2, 0.25) is 0 Å². The van der Waals surface area contributed by atoms with Gasteiger partial charge in [0, 0.05) is 25.0 Å². The zero-order valence-corrected chi connectivity index (χ0v) is 13.8. The van der Waals surface area contributed by atoms with E-state index in [0.29, 0.717) is 33.9 Å². The van der Waals surface area contributed by atoms with Crippen molar-refractivity contribution in [3.05, 3.63) is 29.0 Å². The van der Waals surface area contributed by atoms with Gasteiger partial charge in [-0.05, 0) is 31.7 Å². The number of aromatic nitrogens is 3. The molecule has 1 atom stereocenters. The third-order valence-corrected chi connectivity index (χ3v) is 4.64. The van der Waals surface area contributed by atoms with E-state index in [9.17, 15) is 4.79 Å². The number of nitrogens with one attached hydrogen (secondary N) is 1. The molecule has 22 heavy (non-hydrogen) atoms. The topological polar surface area (TPSA) is 93.8 Å². The molecule has 1 amide bonds. The predicted octanol–water partition coefficient (Wildman–Crippen LogP) is 1.80. The number of carbonyl (C=O) groups is 1. The Morgan fingerprint density at radius 2 is 2.14 bits per heavy atom. The second kappa shape index (κ2) is 7.13. The molecule has 118 valence electrons. The highest BCUT2D eigenvalue weighted by atomic mass is 35.5. The van der Waals surface area contributed by atoms with Crippen molar-refractivity contribution in [3.63, 3.8) is 0 Å². The molecule has 1 fully saturated rings. The van der Waals surface area contributed by atoms with Crippen molar-refractivity contribution in [3.8, 4) is 10.8 Å². The van der Waals surface area contributed by atoms with E-state index in [1.807, 2.05) is 6.92 Å². The van der Waals surface area contributed by atoms with Gasteiger partial charge in [-0.3, -0.25) is 4.79 Å². The summed E-state index contributed by atoms with van der Waals surface area (Å²) in [5, 5.41) is 3.55. The quantitative estimate of drug-likeness (QED) is 0.866. The average Bonchev–Trinajstić information content (AvgIpc) is 3.28. The SMILES string of the molecule is Cc1nc(-c2ncccn2)sc1C(=O)NCC(N)C1CC1.Cl. The monoisotopic (exact) mass is 339 g/mol. The minimum absolute atomic E-state index is 0. The van der Waals surface area contributed by atoms with Crippen molar-refractivity contribution in [1.82, 2.24) is 20.3 Å². The van der Waals surface area contributed by atoms with Crippen LogP contribution in [0.5, 0.6) is 0 Å². The normalized spacial score (nSPS) is 15.0. The largest absolute Gasteiger partial charge is 0.350 e. The van der Waals surface area contributed by atoms with Crippen LogP contribution in [0.3, 0.4) is 0 Å². The second-order valence-corrected chi connectivity index (χ2v) is 6.22. The first-order chi connectivity index (χ1) is 10.1. The Balaban J connectivity index is 0.00000176. The summed E-state index contributed by atoms with van der Waals surface area (Å²) < 4.78 is 0. The predicted molar refractivity (Wildman–Crippen MR) is 88.2 cm³/mol. The Labute approximate surface area is 139 Å². The maximum absolute atomic E-state index is 12.2. The van der Waals surface area contributed by atoms with Crippen molar-refractivity contribution >= 4 is 29.7 Å². The molecular formula is C14H18ClN5OS. The van der Waals surface area contributed by atoms with Gasteiger partial charge in [-0.15, -0.1) is 23.7 Å². The molecule has 1 saturated carbocycles. The summed E-state index contributed by atoms with van der Waals surface area (Å²) in [6.07, 6.45) is 5.67. The Bertz CT molecular complexity index is 644. The van der Waals surface area contributed by atoms with Gasteiger partial charge in [0.15, 0.2) is 10.8 Å². The van der Waals surface area contributed by atoms with Gasteiger partial charge >= 0.3 is 0 Å². The number of hydrogen-bond donors (Lipinski definition) is 2. The van der Waals surface area contributed by atoms with Crippen molar-refractivity contribution in [1.29, 1.82) is 0 Å². The van der Waals surface area contributed by atoms with Crippen LogP contribution in [0.25, 0.3) is 10.8 Å². The van der Waals surface area contributed by atoms with Crippen LogP contribution in [0, 0.1) is 12.8 Å². The molecule has 0 spiro atoms. The Morgan fingerprint density at radius 1 is 1.45 bits per heavy atom. The summed E-state index contributed by atoms with van der Waals surface area (Å²) in [5.74, 6) is 0.990. The molecule has 1 aliphatic carbocycles. The molecule has 6 nitrogen and oxygen atoms in total. The summed E-state index contributed by atoms with van der Waals surface area (Å²) in [7, 11) is 0. The number of nitrogens with two attached hydrogens (primary N) is 1. The van der Waals surface area contributed by atoms with Gasteiger partial charge in [-0.2, -0.15) is 0 Å². The van der Waals surface area contributed by atoms with Crippen LogP contribution in [0.1, 0.15) is 28.2 Å². The zero-order chi connectivity index (χ0) is 14.8. The Kier molecular flexibility index (Phi) is 5.44. The van der Waals surface area contributed by atoms with Crippen molar-refractivity contribution in [2.75, 3.05) is 6.54 Å². The van der Waals surface area contributed by atoms with Gasteiger partial charge in [0.1, 0.15) is 4.88 Å². The summed E-state index contributed by atoms with van der Waals surface area (Å²) in [4.78, 5) is 25.5. The molecule has 2 aromatic rings. The number of amides is 1. The van der Waals surface area contributed by atoms with E-state index in [-0.39, 0.29) is 24.4 Å². The third kappa shape index (κ3) is 3.79. The lowest BCUT2D eigenvalue weighted by atomic mass is 10.2. The lowest BCUT2D eigenvalue weighted by Gasteiger charge is -2.10. The van der Waals surface area contributed by atoms with Gasteiger partial charge in [0.05, 0.1) is 5.69 Å². The molecule has 1 unspecified atom stereocenters. The molecule has 2 heterocycles. The van der Waals surface area contributed by atoms with E-state index >= 15 is 0 Å². The molecule has 0 aromatic carbocycles. The minimum Gasteiger partial charge on any atom is -0.350 e.